The summed E-state index contributed by atoms with van der Waals surface area (Å²) in [5.74, 6) is 0.397. The fourth-order valence-corrected chi connectivity index (χ4v) is 4.40. The van der Waals surface area contributed by atoms with Gasteiger partial charge in [0.15, 0.2) is 0 Å². The molecule has 150 valence electrons. The molecule has 2 aromatic rings. The first kappa shape index (κ1) is 21.5. The molecule has 2 amide bonds. The fraction of sp³-hybridized carbons (Fsp3) is 0.190. The van der Waals surface area contributed by atoms with Gasteiger partial charge < -0.3 is 10.1 Å². The quantitative estimate of drug-likeness (QED) is 0.433. The molecule has 0 bridgehead atoms. The Morgan fingerprint density at radius 2 is 2.03 bits per heavy atom. The van der Waals surface area contributed by atoms with E-state index in [2.05, 4.69) is 21.2 Å². The normalized spacial score (nSPS) is 15.1. The third kappa shape index (κ3) is 5.91. The molecule has 0 radical (unpaired) electrons. The SMILES string of the molecule is CCOc1ccc(NC(=O)CCN2C(=O)C(=Cc3cccc(Br)c3)SC2=S)cc1. The number of carbonyl (C=O) groups excluding carboxylic acids is 2. The number of halogens is 1. The van der Waals surface area contributed by atoms with E-state index in [1.54, 1.807) is 24.3 Å². The van der Waals surface area contributed by atoms with Crippen LogP contribution in [0.3, 0.4) is 0 Å². The lowest BCUT2D eigenvalue weighted by Gasteiger charge is -2.14. The molecule has 0 atom stereocenters. The number of hydrogen-bond donors (Lipinski definition) is 1. The molecule has 0 saturated carbocycles. The number of thioether (sulfide) groups is 1. The maximum absolute atomic E-state index is 12.7. The van der Waals surface area contributed by atoms with Gasteiger partial charge in [-0.05, 0) is 55.0 Å². The second-order valence-corrected chi connectivity index (χ2v) is 8.74. The third-order valence-corrected chi connectivity index (χ3v) is 5.90. The Morgan fingerprint density at radius 3 is 2.72 bits per heavy atom. The minimum absolute atomic E-state index is 0.157. The number of anilines is 1. The second-order valence-electron chi connectivity index (χ2n) is 6.14. The lowest BCUT2D eigenvalue weighted by molar-refractivity contribution is -0.122. The van der Waals surface area contributed by atoms with Gasteiger partial charge in [-0.3, -0.25) is 14.5 Å². The molecule has 1 aliphatic heterocycles. The largest absolute Gasteiger partial charge is 0.494 e. The van der Waals surface area contributed by atoms with Crippen LogP contribution in [0.1, 0.15) is 18.9 Å². The average Bonchev–Trinajstić information content (AvgIpc) is 2.95. The molecule has 0 unspecified atom stereocenters. The van der Waals surface area contributed by atoms with Crippen molar-refractivity contribution in [1.29, 1.82) is 0 Å². The highest BCUT2D eigenvalue weighted by Crippen LogP contribution is 2.33. The third-order valence-electron chi connectivity index (χ3n) is 4.03. The number of benzene rings is 2. The van der Waals surface area contributed by atoms with Crippen LogP contribution in [0.5, 0.6) is 5.75 Å². The Bertz CT molecular complexity index is 961. The topological polar surface area (TPSA) is 58.6 Å². The van der Waals surface area contributed by atoms with Crippen molar-refractivity contribution < 1.29 is 14.3 Å². The summed E-state index contributed by atoms with van der Waals surface area (Å²) in [6.45, 7) is 2.74. The molecule has 8 heteroatoms. The molecule has 1 fully saturated rings. The van der Waals surface area contributed by atoms with Crippen molar-refractivity contribution in [3.8, 4) is 5.75 Å². The van der Waals surface area contributed by atoms with Gasteiger partial charge in [0.25, 0.3) is 5.91 Å². The van der Waals surface area contributed by atoms with E-state index in [1.165, 1.54) is 16.7 Å². The molecule has 1 saturated heterocycles. The molecule has 2 aromatic carbocycles. The lowest BCUT2D eigenvalue weighted by atomic mass is 10.2. The molecule has 1 aliphatic rings. The van der Waals surface area contributed by atoms with E-state index in [0.29, 0.717) is 21.5 Å². The highest BCUT2D eigenvalue weighted by Gasteiger charge is 2.32. The summed E-state index contributed by atoms with van der Waals surface area (Å²) >= 11 is 10.0. The molecule has 3 rings (SSSR count). The van der Waals surface area contributed by atoms with Gasteiger partial charge in [-0.2, -0.15) is 0 Å². The van der Waals surface area contributed by atoms with Crippen LogP contribution in [0.2, 0.25) is 0 Å². The van der Waals surface area contributed by atoms with Crippen molar-refractivity contribution in [2.24, 2.45) is 0 Å². The Balaban J connectivity index is 1.56. The summed E-state index contributed by atoms with van der Waals surface area (Å²) in [4.78, 5) is 26.9. The van der Waals surface area contributed by atoms with Crippen molar-refractivity contribution in [1.82, 2.24) is 4.90 Å². The first-order valence-corrected chi connectivity index (χ1v) is 11.0. The van der Waals surface area contributed by atoms with Gasteiger partial charge in [-0.15, -0.1) is 0 Å². The fourth-order valence-electron chi connectivity index (χ4n) is 2.68. The zero-order chi connectivity index (χ0) is 20.8. The van der Waals surface area contributed by atoms with E-state index in [0.717, 1.165) is 15.8 Å². The maximum Gasteiger partial charge on any atom is 0.266 e. The summed E-state index contributed by atoms with van der Waals surface area (Å²) in [5, 5.41) is 2.82. The maximum atomic E-state index is 12.7. The Hall–Kier alpha value is -2.16. The van der Waals surface area contributed by atoms with Crippen molar-refractivity contribution in [3.63, 3.8) is 0 Å². The number of rotatable bonds is 7. The molecule has 29 heavy (non-hydrogen) atoms. The van der Waals surface area contributed by atoms with Gasteiger partial charge in [-0.1, -0.05) is 52.0 Å². The number of carbonyl (C=O) groups is 2. The second kappa shape index (κ2) is 10.0. The van der Waals surface area contributed by atoms with E-state index in [4.69, 9.17) is 17.0 Å². The summed E-state index contributed by atoms with van der Waals surface area (Å²) in [7, 11) is 0. The van der Waals surface area contributed by atoms with Crippen LogP contribution in [0.15, 0.2) is 57.9 Å². The zero-order valence-electron chi connectivity index (χ0n) is 15.7. The minimum Gasteiger partial charge on any atom is -0.494 e. The highest BCUT2D eigenvalue weighted by molar-refractivity contribution is 9.10. The molecule has 0 spiro atoms. The minimum atomic E-state index is -0.181. The number of hydrogen-bond acceptors (Lipinski definition) is 5. The number of thiocarbonyl (C=S) groups is 1. The van der Waals surface area contributed by atoms with Crippen LogP contribution in [-0.4, -0.2) is 34.2 Å². The van der Waals surface area contributed by atoms with Gasteiger partial charge in [0.05, 0.1) is 11.5 Å². The van der Waals surface area contributed by atoms with Crippen LogP contribution >= 0.6 is 39.9 Å². The van der Waals surface area contributed by atoms with Gasteiger partial charge >= 0.3 is 0 Å². The summed E-state index contributed by atoms with van der Waals surface area (Å²) < 4.78 is 6.78. The molecule has 0 aliphatic carbocycles. The smallest absolute Gasteiger partial charge is 0.266 e. The van der Waals surface area contributed by atoms with Crippen molar-refractivity contribution in [2.45, 2.75) is 13.3 Å². The first-order chi connectivity index (χ1) is 14.0. The molecule has 5 nitrogen and oxygen atoms in total. The van der Waals surface area contributed by atoms with E-state index < -0.39 is 0 Å². The zero-order valence-corrected chi connectivity index (χ0v) is 18.9. The van der Waals surface area contributed by atoms with Gasteiger partial charge in [-0.25, -0.2) is 0 Å². The van der Waals surface area contributed by atoms with E-state index in [9.17, 15) is 9.59 Å². The van der Waals surface area contributed by atoms with Gasteiger partial charge in [0.2, 0.25) is 5.91 Å². The molecule has 1 heterocycles. The summed E-state index contributed by atoms with van der Waals surface area (Å²) in [6.07, 6.45) is 1.97. The first-order valence-electron chi connectivity index (χ1n) is 9.00. The predicted octanol–water partition coefficient (Wildman–Crippen LogP) is 5.08. The van der Waals surface area contributed by atoms with Crippen LogP contribution in [0, 0.1) is 0 Å². The Kier molecular flexibility index (Phi) is 7.46. The summed E-state index contributed by atoms with van der Waals surface area (Å²) in [5.41, 5.74) is 1.59. The van der Waals surface area contributed by atoms with Crippen LogP contribution in [-0.2, 0) is 9.59 Å². The molecule has 0 aromatic heterocycles. The van der Waals surface area contributed by atoms with E-state index >= 15 is 0 Å². The Morgan fingerprint density at radius 1 is 1.28 bits per heavy atom. The number of nitrogens with zero attached hydrogens (tertiary/aromatic N) is 1. The van der Waals surface area contributed by atoms with E-state index in [-0.39, 0.29) is 24.8 Å². The predicted molar refractivity (Wildman–Crippen MR) is 125 cm³/mol. The number of amides is 2. The molecule has 1 N–H and O–H groups in total. The number of ether oxygens (including phenoxy) is 1. The van der Waals surface area contributed by atoms with Crippen molar-refractivity contribution in [2.75, 3.05) is 18.5 Å². The molecular weight excluding hydrogens is 472 g/mol. The average molecular weight is 491 g/mol. The van der Waals surface area contributed by atoms with Gasteiger partial charge in [0, 0.05) is 23.1 Å². The standard InChI is InChI=1S/C21H19BrN2O3S2/c1-2-27-17-8-6-16(7-9-17)23-19(25)10-11-24-20(26)18(29-21(24)28)13-14-4-3-5-15(22)12-14/h3-9,12-13H,2,10-11H2,1H3,(H,23,25). The van der Waals surface area contributed by atoms with Crippen molar-refractivity contribution >= 4 is 67.8 Å². The lowest BCUT2D eigenvalue weighted by Crippen LogP contribution is -2.31. The monoisotopic (exact) mass is 490 g/mol. The van der Waals surface area contributed by atoms with Crippen LogP contribution < -0.4 is 10.1 Å². The van der Waals surface area contributed by atoms with Gasteiger partial charge in [0.1, 0.15) is 10.1 Å². The summed E-state index contributed by atoms with van der Waals surface area (Å²) in [6, 6.07) is 14.8. The number of nitrogens with one attached hydrogen (secondary N) is 1. The van der Waals surface area contributed by atoms with Crippen molar-refractivity contribution in [3.05, 3.63) is 63.5 Å². The highest BCUT2D eigenvalue weighted by atomic mass is 79.9. The Labute approximate surface area is 187 Å². The van der Waals surface area contributed by atoms with Crippen LogP contribution in [0.4, 0.5) is 5.69 Å². The van der Waals surface area contributed by atoms with E-state index in [1.807, 2.05) is 37.3 Å². The molecular formula is C21H19BrN2O3S2. The van der Waals surface area contributed by atoms with Crippen LogP contribution in [0.25, 0.3) is 6.08 Å².